The highest BCUT2D eigenvalue weighted by Gasteiger charge is 2.39. The molecule has 1 aromatic rings. The van der Waals surface area contributed by atoms with E-state index in [1.54, 1.807) is 4.90 Å². The average molecular weight is 313 g/mol. The van der Waals surface area contributed by atoms with Crippen molar-refractivity contribution in [3.63, 3.8) is 0 Å². The molecule has 0 saturated carbocycles. The summed E-state index contributed by atoms with van der Waals surface area (Å²) in [6.07, 6.45) is -0.426. The van der Waals surface area contributed by atoms with E-state index in [0.29, 0.717) is 24.9 Å². The SMILES string of the molecule is CC1=CC[C@@H]2CN(C(=O)c3cc(C(F)(F)F)nn3C)C[C@@H]2C1. The Hall–Kier alpha value is -1.79. The van der Waals surface area contributed by atoms with Crippen molar-refractivity contribution in [3.8, 4) is 0 Å². The number of carbonyl (C=O) groups excluding carboxylic acids is 1. The number of allylic oxidation sites excluding steroid dienone is 2. The lowest BCUT2D eigenvalue weighted by atomic mass is 9.83. The van der Waals surface area contributed by atoms with Gasteiger partial charge in [0.1, 0.15) is 5.69 Å². The van der Waals surface area contributed by atoms with Crippen LogP contribution in [0, 0.1) is 11.8 Å². The number of likely N-dealkylation sites (tertiary alicyclic amines) is 1. The molecule has 1 fully saturated rings. The largest absolute Gasteiger partial charge is 0.435 e. The van der Waals surface area contributed by atoms with Gasteiger partial charge in [-0.15, -0.1) is 0 Å². The van der Waals surface area contributed by atoms with Crippen molar-refractivity contribution >= 4 is 5.91 Å². The molecule has 3 rings (SSSR count). The molecule has 1 aliphatic heterocycles. The van der Waals surface area contributed by atoms with Crippen LogP contribution in [0.1, 0.15) is 35.9 Å². The van der Waals surface area contributed by atoms with Gasteiger partial charge in [-0.25, -0.2) is 0 Å². The summed E-state index contributed by atoms with van der Waals surface area (Å²) >= 11 is 0. The van der Waals surface area contributed by atoms with Gasteiger partial charge < -0.3 is 4.90 Å². The third-order valence-corrected chi connectivity index (χ3v) is 4.61. The summed E-state index contributed by atoms with van der Waals surface area (Å²) in [7, 11) is 1.37. The first-order valence-electron chi connectivity index (χ1n) is 7.32. The molecule has 0 aromatic carbocycles. The number of amides is 1. The number of hydrogen-bond donors (Lipinski definition) is 0. The van der Waals surface area contributed by atoms with Crippen LogP contribution in [-0.4, -0.2) is 33.7 Å². The van der Waals surface area contributed by atoms with Crippen LogP contribution in [-0.2, 0) is 13.2 Å². The molecule has 1 aromatic heterocycles. The first-order valence-corrected chi connectivity index (χ1v) is 7.32. The van der Waals surface area contributed by atoms with E-state index in [1.807, 2.05) is 0 Å². The van der Waals surface area contributed by atoms with Gasteiger partial charge in [0.15, 0.2) is 5.69 Å². The molecule has 2 atom stereocenters. The topological polar surface area (TPSA) is 38.1 Å². The van der Waals surface area contributed by atoms with Crippen molar-refractivity contribution in [3.05, 3.63) is 29.1 Å². The number of aromatic nitrogens is 2. The van der Waals surface area contributed by atoms with Crippen molar-refractivity contribution in [2.24, 2.45) is 18.9 Å². The summed E-state index contributed by atoms with van der Waals surface area (Å²) in [5, 5.41) is 3.41. The van der Waals surface area contributed by atoms with Crippen molar-refractivity contribution in [2.75, 3.05) is 13.1 Å². The fourth-order valence-corrected chi connectivity index (χ4v) is 3.42. The van der Waals surface area contributed by atoms with Gasteiger partial charge >= 0.3 is 6.18 Å². The molecule has 2 aliphatic rings. The molecule has 0 N–H and O–H groups in total. The van der Waals surface area contributed by atoms with Gasteiger partial charge in [-0.1, -0.05) is 11.6 Å². The number of halogens is 3. The quantitative estimate of drug-likeness (QED) is 0.748. The normalized spacial score (nSPS) is 25.1. The van der Waals surface area contributed by atoms with Gasteiger partial charge in [0.2, 0.25) is 0 Å². The van der Waals surface area contributed by atoms with Gasteiger partial charge in [-0.05, 0) is 31.6 Å². The summed E-state index contributed by atoms with van der Waals surface area (Å²) in [4.78, 5) is 14.2. The van der Waals surface area contributed by atoms with E-state index < -0.39 is 11.9 Å². The summed E-state index contributed by atoms with van der Waals surface area (Å²) in [5.41, 5.74) is 0.304. The fourth-order valence-electron chi connectivity index (χ4n) is 3.42. The Morgan fingerprint density at radius 3 is 2.64 bits per heavy atom. The molecule has 0 spiro atoms. The van der Waals surface area contributed by atoms with Crippen LogP contribution < -0.4 is 0 Å². The number of fused-ring (bicyclic) bond motifs is 1. The number of nitrogens with zero attached hydrogens (tertiary/aromatic N) is 3. The average Bonchev–Trinajstić information content (AvgIpc) is 3.00. The third-order valence-electron chi connectivity index (χ3n) is 4.61. The fraction of sp³-hybridized carbons (Fsp3) is 0.600. The zero-order chi connectivity index (χ0) is 16.1. The molecule has 7 heteroatoms. The lowest BCUT2D eigenvalue weighted by molar-refractivity contribution is -0.141. The molecule has 0 bridgehead atoms. The van der Waals surface area contributed by atoms with Crippen LogP contribution in [0.3, 0.4) is 0 Å². The van der Waals surface area contributed by atoms with Gasteiger partial charge in [-0.3, -0.25) is 9.48 Å². The third kappa shape index (κ3) is 2.64. The molecule has 2 heterocycles. The van der Waals surface area contributed by atoms with Crippen LogP contribution in [0.25, 0.3) is 0 Å². The van der Waals surface area contributed by atoms with Gasteiger partial charge in [0.05, 0.1) is 0 Å². The van der Waals surface area contributed by atoms with E-state index in [1.165, 1.54) is 12.6 Å². The Bertz CT molecular complexity index is 632. The minimum atomic E-state index is -4.53. The Morgan fingerprint density at radius 1 is 1.32 bits per heavy atom. The Morgan fingerprint density at radius 2 is 2.00 bits per heavy atom. The first-order chi connectivity index (χ1) is 10.3. The standard InChI is InChI=1S/C15H18F3N3O/c1-9-3-4-10-7-21(8-11(10)5-9)14(22)12-6-13(15(16,17)18)19-20(12)2/h3,6,10-11H,4-5,7-8H2,1-2H3/t10-,11+/m1/s1. The minimum Gasteiger partial charge on any atom is -0.337 e. The maximum Gasteiger partial charge on any atom is 0.435 e. The number of rotatable bonds is 1. The van der Waals surface area contributed by atoms with Gasteiger partial charge in [-0.2, -0.15) is 18.3 Å². The van der Waals surface area contributed by atoms with E-state index in [4.69, 9.17) is 0 Å². The molecule has 1 saturated heterocycles. The van der Waals surface area contributed by atoms with Crippen molar-refractivity contribution in [2.45, 2.75) is 25.9 Å². The lowest BCUT2D eigenvalue weighted by Crippen LogP contribution is -2.30. The van der Waals surface area contributed by atoms with E-state index in [9.17, 15) is 18.0 Å². The first kappa shape index (κ1) is 15.1. The molecular weight excluding hydrogens is 295 g/mol. The molecule has 22 heavy (non-hydrogen) atoms. The summed E-state index contributed by atoms with van der Waals surface area (Å²) in [6.45, 7) is 3.30. The zero-order valence-corrected chi connectivity index (χ0v) is 12.5. The van der Waals surface area contributed by atoms with Crippen molar-refractivity contribution in [1.29, 1.82) is 0 Å². The van der Waals surface area contributed by atoms with Crippen molar-refractivity contribution in [1.82, 2.24) is 14.7 Å². The summed E-state index contributed by atoms with van der Waals surface area (Å²) < 4.78 is 39.1. The van der Waals surface area contributed by atoms with Crippen LogP contribution in [0.4, 0.5) is 13.2 Å². The Balaban J connectivity index is 1.77. The van der Waals surface area contributed by atoms with Crippen LogP contribution in [0.15, 0.2) is 17.7 Å². The van der Waals surface area contributed by atoms with Crippen LogP contribution in [0.5, 0.6) is 0 Å². The van der Waals surface area contributed by atoms with Gasteiger partial charge in [0.25, 0.3) is 5.91 Å². The summed E-state index contributed by atoms with van der Waals surface area (Å²) in [5.74, 6) is 0.477. The number of aryl methyl sites for hydroxylation is 1. The van der Waals surface area contributed by atoms with E-state index in [-0.39, 0.29) is 11.6 Å². The minimum absolute atomic E-state index is 0.00402. The van der Waals surface area contributed by atoms with E-state index in [0.717, 1.165) is 23.6 Å². The second kappa shape index (κ2) is 5.14. The maximum atomic E-state index is 12.7. The Kier molecular flexibility index (Phi) is 3.53. The summed E-state index contributed by atoms with van der Waals surface area (Å²) in [6, 6.07) is 0.841. The molecule has 1 aliphatic carbocycles. The van der Waals surface area contributed by atoms with E-state index >= 15 is 0 Å². The Labute approximate surface area is 126 Å². The second-order valence-corrected chi connectivity index (χ2v) is 6.26. The lowest BCUT2D eigenvalue weighted by Gasteiger charge is -2.21. The van der Waals surface area contributed by atoms with Crippen LogP contribution >= 0.6 is 0 Å². The second-order valence-electron chi connectivity index (χ2n) is 6.26. The van der Waals surface area contributed by atoms with Gasteiger partial charge in [0, 0.05) is 26.2 Å². The van der Waals surface area contributed by atoms with E-state index in [2.05, 4.69) is 18.1 Å². The molecule has 0 radical (unpaired) electrons. The molecule has 120 valence electrons. The molecule has 1 amide bonds. The monoisotopic (exact) mass is 313 g/mol. The highest BCUT2D eigenvalue weighted by molar-refractivity contribution is 5.93. The smallest absolute Gasteiger partial charge is 0.337 e. The highest BCUT2D eigenvalue weighted by Crippen LogP contribution is 2.36. The number of carbonyl (C=O) groups is 1. The zero-order valence-electron chi connectivity index (χ0n) is 12.5. The molecule has 0 unspecified atom stereocenters. The number of hydrogen-bond acceptors (Lipinski definition) is 2. The maximum absolute atomic E-state index is 12.7. The molecule has 4 nitrogen and oxygen atoms in total. The predicted molar refractivity (Wildman–Crippen MR) is 74.1 cm³/mol. The van der Waals surface area contributed by atoms with Crippen molar-refractivity contribution < 1.29 is 18.0 Å². The predicted octanol–water partition coefficient (Wildman–Crippen LogP) is 2.87. The number of alkyl halides is 3. The highest BCUT2D eigenvalue weighted by atomic mass is 19.4. The molecular formula is C15H18F3N3O. The van der Waals surface area contributed by atoms with Crippen LogP contribution in [0.2, 0.25) is 0 Å².